The van der Waals surface area contributed by atoms with Crippen molar-refractivity contribution in [3.8, 4) is 0 Å². The second kappa shape index (κ2) is 19.4. The van der Waals surface area contributed by atoms with E-state index in [2.05, 4.69) is 38.9 Å². The average molecular weight is 587 g/mol. The predicted octanol–water partition coefficient (Wildman–Crippen LogP) is 0.625. The molecule has 15 nitrogen and oxygen atoms in total. The molecule has 1 heterocycles. The third-order valence-electron chi connectivity index (χ3n) is 5.84. The molecule has 40 heavy (non-hydrogen) atoms. The molecule has 3 amide bonds. The number of carboxylic acids is 3. The minimum atomic E-state index is -1.47. The normalized spacial score (nSPS) is 13.0. The summed E-state index contributed by atoms with van der Waals surface area (Å²) in [5.74, 6) is -3.42. The number of hydrogen-bond acceptors (Lipinski definition) is 9. The van der Waals surface area contributed by atoms with Gasteiger partial charge in [0.25, 0.3) is 0 Å². The van der Waals surface area contributed by atoms with Gasteiger partial charge in [0.05, 0.1) is 11.7 Å². The van der Waals surface area contributed by atoms with E-state index >= 15 is 0 Å². The van der Waals surface area contributed by atoms with E-state index < -0.39 is 48.5 Å². The molecule has 0 saturated carbocycles. The summed E-state index contributed by atoms with van der Waals surface area (Å²) in [5, 5.41) is 42.3. The van der Waals surface area contributed by atoms with Gasteiger partial charge in [-0.25, -0.2) is 14.4 Å². The zero-order chi connectivity index (χ0) is 29.9. The minimum absolute atomic E-state index is 0.0721. The van der Waals surface area contributed by atoms with E-state index in [4.69, 9.17) is 10.2 Å². The Kier molecular flexibility index (Phi) is 16.6. The van der Waals surface area contributed by atoms with Crippen molar-refractivity contribution in [3.63, 3.8) is 0 Å². The van der Waals surface area contributed by atoms with Gasteiger partial charge in [-0.05, 0) is 57.1 Å². The van der Waals surface area contributed by atoms with Gasteiger partial charge in [0.1, 0.15) is 18.4 Å². The number of thiol groups is 1. The number of hydrogen-bond donors (Lipinski definition) is 7. The smallest absolute Gasteiger partial charge is 0.326 e. The first-order valence-electron chi connectivity index (χ1n) is 13.0. The van der Waals surface area contributed by atoms with Gasteiger partial charge in [-0.1, -0.05) is 11.6 Å². The lowest BCUT2D eigenvalue weighted by atomic mass is 10.1. The third kappa shape index (κ3) is 15.0. The summed E-state index contributed by atoms with van der Waals surface area (Å²) in [7, 11) is 0. The van der Waals surface area contributed by atoms with Crippen molar-refractivity contribution < 1.29 is 44.1 Å². The molecule has 0 aliphatic heterocycles. The molecule has 0 aromatic carbocycles. The molecule has 0 spiro atoms. The van der Waals surface area contributed by atoms with Crippen LogP contribution in [0.3, 0.4) is 0 Å². The molecule has 1 aromatic rings. The third-order valence-corrected chi connectivity index (χ3v) is 6.16. The van der Waals surface area contributed by atoms with E-state index in [-0.39, 0.29) is 25.2 Å². The zero-order valence-electron chi connectivity index (χ0n) is 22.2. The Morgan fingerprint density at radius 2 is 1.52 bits per heavy atom. The highest BCUT2D eigenvalue weighted by Crippen LogP contribution is 2.07. The van der Waals surface area contributed by atoms with Crippen LogP contribution in [0.15, 0.2) is 6.20 Å². The fourth-order valence-electron chi connectivity index (χ4n) is 3.68. The fourth-order valence-corrected chi connectivity index (χ4v) is 3.91. The monoisotopic (exact) mass is 586 g/mol. The summed E-state index contributed by atoms with van der Waals surface area (Å²) >= 11 is 4.12. The van der Waals surface area contributed by atoms with Gasteiger partial charge >= 0.3 is 23.9 Å². The van der Waals surface area contributed by atoms with Crippen LogP contribution in [0.1, 0.15) is 69.9 Å². The van der Waals surface area contributed by atoms with E-state index in [0.717, 1.165) is 24.9 Å². The number of carbonyl (C=O) groups excluding carboxylic acids is 3. The van der Waals surface area contributed by atoms with Crippen LogP contribution in [-0.4, -0.2) is 90.3 Å². The molecule has 3 atom stereocenters. The molecule has 1 aromatic heterocycles. The maximum absolute atomic E-state index is 12.1. The Morgan fingerprint density at radius 1 is 0.875 bits per heavy atom. The number of nitrogens with zero attached hydrogens (tertiary/aromatic N) is 3. The molecular weight excluding hydrogens is 548 g/mol. The molecule has 0 aliphatic carbocycles. The van der Waals surface area contributed by atoms with E-state index in [9.17, 15) is 33.9 Å². The number of aliphatic carboxylic acids is 3. The number of aldehydes is 1. The van der Waals surface area contributed by atoms with Crippen LogP contribution < -0.4 is 16.0 Å². The molecule has 0 fully saturated rings. The molecule has 3 unspecified atom stereocenters. The highest BCUT2D eigenvalue weighted by molar-refractivity contribution is 7.80. The van der Waals surface area contributed by atoms with E-state index in [1.807, 2.05) is 0 Å². The Balaban J connectivity index is 2.37. The first kappa shape index (κ1) is 34.3. The van der Waals surface area contributed by atoms with Crippen molar-refractivity contribution >= 4 is 48.8 Å². The Hall–Kier alpha value is -3.69. The highest BCUT2D eigenvalue weighted by Gasteiger charge is 2.24. The van der Waals surface area contributed by atoms with Gasteiger partial charge in [-0.3, -0.25) is 14.3 Å². The number of carbonyl (C=O) groups is 6. The quantitative estimate of drug-likeness (QED) is 0.0566. The van der Waals surface area contributed by atoms with Gasteiger partial charge in [0.15, 0.2) is 0 Å². The maximum atomic E-state index is 12.1. The number of nitrogens with one attached hydrogen (secondary N) is 3. The first-order valence-corrected chi connectivity index (χ1v) is 13.7. The first-order chi connectivity index (χ1) is 19.0. The van der Waals surface area contributed by atoms with E-state index in [0.29, 0.717) is 44.3 Å². The van der Waals surface area contributed by atoms with Gasteiger partial charge in [0.2, 0.25) is 5.91 Å². The van der Waals surface area contributed by atoms with Crippen LogP contribution in [-0.2, 0) is 36.9 Å². The van der Waals surface area contributed by atoms with Crippen LogP contribution in [0.25, 0.3) is 0 Å². The number of amides is 3. The van der Waals surface area contributed by atoms with Gasteiger partial charge in [0, 0.05) is 25.6 Å². The van der Waals surface area contributed by atoms with Crippen molar-refractivity contribution in [1.82, 2.24) is 30.9 Å². The SMILES string of the molecule is O=CC(CCCCS)NC(=O)CCCc1cn(CCCCC(NC(=O)NC(CCC(=O)O)C(=O)O)C(=O)O)nn1. The number of aryl methyl sites for hydroxylation is 2. The van der Waals surface area contributed by atoms with Crippen LogP contribution in [0.5, 0.6) is 0 Å². The molecule has 0 aliphatic rings. The summed E-state index contributed by atoms with van der Waals surface area (Å²) in [4.78, 5) is 68.6. The average Bonchev–Trinajstić information content (AvgIpc) is 3.34. The molecule has 16 heteroatoms. The molecule has 0 saturated heterocycles. The topological polar surface area (TPSA) is 230 Å². The Bertz CT molecular complexity index is 990. The van der Waals surface area contributed by atoms with Crippen molar-refractivity contribution in [3.05, 3.63) is 11.9 Å². The number of unbranched alkanes of at least 4 members (excludes halogenated alkanes) is 2. The second-order valence-corrected chi connectivity index (χ2v) is 9.63. The van der Waals surface area contributed by atoms with Crippen molar-refractivity contribution in [2.45, 2.75) is 95.3 Å². The molecule has 224 valence electrons. The molecule has 0 radical (unpaired) electrons. The molecule has 6 N–H and O–H groups in total. The summed E-state index contributed by atoms with van der Waals surface area (Å²) in [6, 6.07) is -4.25. The van der Waals surface area contributed by atoms with E-state index in [1.54, 1.807) is 10.9 Å². The number of carboxylic acid groups (broad SMARTS) is 3. The van der Waals surface area contributed by atoms with E-state index in [1.165, 1.54) is 0 Å². The van der Waals surface area contributed by atoms with Crippen LogP contribution in [0, 0.1) is 0 Å². The lowest BCUT2D eigenvalue weighted by molar-refractivity contribution is -0.141. The summed E-state index contributed by atoms with van der Waals surface area (Å²) in [5.41, 5.74) is 0.686. The van der Waals surface area contributed by atoms with Crippen molar-refractivity contribution in [1.29, 1.82) is 0 Å². The molecule has 1 rings (SSSR count). The summed E-state index contributed by atoms with van der Waals surface area (Å²) in [6.07, 6.45) is 6.20. The van der Waals surface area contributed by atoms with Crippen molar-refractivity contribution in [2.75, 3.05) is 5.75 Å². The minimum Gasteiger partial charge on any atom is -0.481 e. The molecule has 0 bridgehead atoms. The lowest BCUT2D eigenvalue weighted by Crippen LogP contribution is -2.51. The van der Waals surface area contributed by atoms with Crippen LogP contribution in [0.2, 0.25) is 0 Å². The van der Waals surface area contributed by atoms with Crippen molar-refractivity contribution in [2.24, 2.45) is 0 Å². The zero-order valence-corrected chi connectivity index (χ0v) is 23.1. The standard InChI is InChI=1S/C24H38N6O9S/c31-15-17(6-2-4-13-40)25-20(32)9-5-7-16-14-30(29-28-16)12-3-1-8-18(22(35)36)26-24(39)27-19(23(37)38)10-11-21(33)34/h14-15,17-19,40H,1-13H2,(H,25,32)(H,33,34)(H,35,36)(H,37,38)(H2,26,27,39). The lowest BCUT2D eigenvalue weighted by Gasteiger charge is -2.18. The highest BCUT2D eigenvalue weighted by atomic mass is 32.1. The molecular formula is C24H38N6O9S. The number of urea groups is 1. The maximum Gasteiger partial charge on any atom is 0.326 e. The second-order valence-electron chi connectivity index (χ2n) is 9.18. The predicted molar refractivity (Wildman–Crippen MR) is 144 cm³/mol. The van der Waals surface area contributed by atoms with Gasteiger partial charge in [-0.2, -0.15) is 12.6 Å². The van der Waals surface area contributed by atoms with Gasteiger partial charge in [-0.15, -0.1) is 5.10 Å². The Labute approximate surface area is 236 Å². The van der Waals surface area contributed by atoms with Crippen LogP contribution >= 0.6 is 12.6 Å². The summed E-state index contributed by atoms with van der Waals surface area (Å²) in [6.45, 7) is 0.440. The van der Waals surface area contributed by atoms with Gasteiger partial charge < -0.3 is 36.1 Å². The fraction of sp³-hybridized carbons (Fsp3) is 0.667. The van der Waals surface area contributed by atoms with Crippen LogP contribution in [0.4, 0.5) is 4.79 Å². The number of rotatable bonds is 22. The number of aromatic nitrogens is 3. The Morgan fingerprint density at radius 3 is 2.12 bits per heavy atom. The summed E-state index contributed by atoms with van der Waals surface area (Å²) < 4.78 is 1.59. The largest absolute Gasteiger partial charge is 0.481 e.